The van der Waals surface area contributed by atoms with Gasteiger partial charge in [-0.05, 0) is 25.3 Å². The lowest BCUT2D eigenvalue weighted by atomic mass is 9.92. The van der Waals surface area contributed by atoms with Gasteiger partial charge in [0, 0.05) is 12.8 Å². The summed E-state index contributed by atoms with van der Waals surface area (Å²) in [5, 5.41) is 2.86. The summed E-state index contributed by atoms with van der Waals surface area (Å²) in [5.41, 5.74) is 5.57. The van der Waals surface area contributed by atoms with Crippen molar-refractivity contribution < 1.29 is 9.53 Å². The first kappa shape index (κ1) is 13.7. The van der Waals surface area contributed by atoms with Crippen LogP contribution >= 0.6 is 0 Å². The minimum absolute atomic E-state index is 0.0116. The van der Waals surface area contributed by atoms with Crippen molar-refractivity contribution in [1.82, 2.24) is 15.3 Å². The van der Waals surface area contributed by atoms with Crippen molar-refractivity contribution in [3.05, 3.63) is 18.1 Å². The second-order valence-electron chi connectivity index (χ2n) is 4.68. The van der Waals surface area contributed by atoms with E-state index in [1.807, 2.05) is 6.92 Å². The highest BCUT2D eigenvalue weighted by Crippen LogP contribution is 2.23. The van der Waals surface area contributed by atoms with E-state index in [1.54, 1.807) is 12.3 Å². The standard InChI is InChI=1S/C13H20N4O2/c1-2-10-9(4-3-7-19-10)13(18)16-8-12-15-6-5-11(14)17-12/h5-6,9-10H,2-4,7-8H2,1H3,(H,16,18)(H2,14,15,17)/t9-,10+/m0/s1. The van der Waals surface area contributed by atoms with Crippen LogP contribution in [0.2, 0.25) is 0 Å². The number of rotatable bonds is 4. The molecule has 0 unspecified atom stereocenters. The number of aromatic nitrogens is 2. The molecule has 6 nitrogen and oxygen atoms in total. The number of amides is 1. The van der Waals surface area contributed by atoms with Gasteiger partial charge in [-0.1, -0.05) is 6.92 Å². The van der Waals surface area contributed by atoms with Crippen LogP contribution in [0.25, 0.3) is 0 Å². The van der Waals surface area contributed by atoms with Gasteiger partial charge in [-0.2, -0.15) is 0 Å². The molecular weight excluding hydrogens is 244 g/mol. The van der Waals surface area contributed by atoms with E-state index >= 15 is 0 Å². The van der Waals surface area contributed by atoms with E-state index in [0.717, 1.165) is 25.9 Å². The number of nitrogens with two attached hydrogens (primary N) is 1. The fourth-order valence-electron chi connectivity index (χ4n) is 2.34. The fraction of sp³-hybridized carbons (Fsp3) is 0.615. The van der Waals surface area contributed by atoms with Crippen molar-refractivity contribution in [1.29, 1.82) is 0 Å². The summed E-state index contributed by atoms with van der Waals surface area (Å²) in [4.78, 5) is 20.3. The van der Waals surface area contributed by atoms with Gasteiger partial charge < -0.3 is 15.8 Å². The van der Waals surface area contributed by atoms with Gasteiger partial charge in [0.1, 0.15) is 11.6 Å². The Balaban J connectivity index is 1.89. The third kappa shape index (κ3) is 3.64. The fourth-order valence-corrected chi connectivity index (χ4v) is 2.34. The highest BCUT2D eigenvalue weighted by atomic mass is 16.5. The normalized spacial score (nSPS) is 23.0. The molecule has 1 saturated heterocycles. The Morgan fingerprint density at radius 1 is 1.63 bits per heavy atom. The molecule has 0 saturated carbocycles. The van der Waals surface area contributed by atoms with Crippen LogP contribution in [-0.2, 0) is 16.1 Å². The number of nitrogens with one attached hydrogen (secondary N) is 1. The van der Waals surface area contributed by atoms with Gasteiger partial charge in [-0.25, -0.2) is 9.97 Å². The van der Waals surface area contributed by atoms with Crippen LogP contribution in [-0.4, -0.2) is 28.6 Å². The van der Waals surface area contributed by atoms with Crippen LogP contribution in [0.3, 0.4) is 0 Å². The van der Waals surface area contributed by atoms with Gasteiger partial charge in [0.05, 0.1) is 18.6 Å². The number of carbonyl (C=O) groups excluding carboxylic acids is 1. The SMILES string of the molecule is CC[C@H]1OCCC[C@@H]1C(=O)NCc1nccc(N)n1. The summed E-state index contributed by atoms with van der Waals surface area (Å²) in [7, 11) is 0. The molecule has 19 heavy (non-hydrogen) atoms. The van der Waals surface area contributed by atoms with Gasteiger partial charge >= 0.3 is 0 Å². The number of hydrogen-bond donors (Lipinski definition) is 2. The first-order chi connectivity index (χ1) is 9.20. The van der Waals surface area contributed by atoms with Crippen LogP contribution < -0.4 is 11.1 Å². The molecule has 0 bridgehead atoms. The Bertz CT molecular complexity index is 438. The van der Waals surface area contributed by atoms with E-state index in [-0.39, 0.29) is 17.9 Å². The second kappa shape index (κ2) is 6.47. The van der Waals surface area contributed by atoms with E-state index in [4.69, 9.17) is 10.5 Å². The Hall–Kier alpha value is -1.69. The summed E-state index contributed by atoms with van der Waals surface area (Å²) < 4.78 is 5.62. The van der Waals surface area contributed by atoms with E-state index in [2.05, 4.69) is 15.3 Å². The maximum Gasteiger partial charge on any atom is 0.226 e. The molecule has 3 N–H and O–H groups in total. The number of carbonyl (C=O) groups is 1. The lowest BCUT2D eigenvalue weighted by Gasteiger charge is -2.29. The van der Waals surface area contributed by atoms with E-state index < -0.39 is 0 Å². The number of nitrogen functional groups attached to an aromatic ring is 1. The Labute approximate surface area is 112 Å². The quantitative estimate of drug-likeness (QED) is 0.842. The number of nitrogens with zero attached hydrogens (tertiary/aromatic N) is 2. The molecule has 104 valence electrons. The molecule has 0 spiro atoms. The molecule has 2 heterocycles. The smallest absolute Gasteiger partial charge is 0.226 e. The molecule has 0 aliphatic carbocycles. The number of anilines is 1. The van der Waals surface area contributed by atoms with Crippen molar-refractivity contribution in [3.8, 4) is 0 Å². The summed E-state index contributed by atoms with van der Waals surface area (Å²) in [6.07, 6.45) is 4.27. The van der Waals surface area contributed by atoms with Crippen LogP contribution in [0.5, 0.6) is 0 Å². The Morgan fingerprint density at radius 2 is 2.47 bits per heavy atom. The van der Waals surface area contributed by atoms with Gasteiger partial charge in [0.15, 0.2) is 0 Å². The maximum absolute atomic E-state index is 12.1. The highest BCUT2D eigenvalue weighted by Gasteiger charge is 2.30. The van der Waals surface area contributed by atoms with Gasteiger partial charge in [0.2, 0.25) is 5.91 Å². The van der Waals surface area contributed by atoms with Crippen molar-refractivity contribution in [3.63, 3.8) is 0 Å². The van der Waals surface area contributed by atoms with Crippen molar-refractivity contribution in [2.45, 2.75) is 38.8 Å². The summed E-state index contributed by atoms with van der Waals surface area (Å²) in [6.45, 7) is 3.09. The second-order valence-corrected chi connectivity index (χ2v) is 4.68. The molecule has 1 fully saturated rings. The minimum atomic E-state index is -0.0696. The average molecular weight is 264 g/mol. The zero-order valence-electron chi connectivity index (χ0n) is 11.1. The Morgan fingerprint density at radius 3 is 3.21 bits per heavy atom. The molecule has 1 aliphatic rings. The van der Waals surface area contributed by atoms with E-state index in [9.17, 15) is 4.79 Å². The monoisotopic (exact) mass is 264 g/mol. The predicted molar refractivity (Wildman–Crippen MR) is 71.0 cm³/mol. The highest BCUT2D eigenvalue weighted by molar-refractivity contribution is 5.79. The van der Waals surface area contributed by atoms with Crippen molar-refractivity contribution in [2.24, 2.45) is 5.92 Å². The average Bonchev–Trinajstić information content (AvgIpc) is 2.45. The van der Waals surface area contributed by atoms with Gasteiger partial charge in [-0.3, -0.25) is 4.79 Å². The molecule has 2 atom stereocenters. The molecule has 1 aromatic heterocycles. The first-order valence-corrected chi connectivity index (χ1v) is 6.67. The molecule has 1 aromatic rings. The Kier molecular flexibility index (Phi) is 4.68. The molecule has 6 heteroatoms. The lowest BCUT2D eigenvalue weighted by molar-refractivity contribution is -0.134. The molecular formula is C13H20N4O2. The lowest BCUT2D eigenvalue weighted by Crippen LogP contribution is -2.41. The molecule has 2 rings (SSSR count). The number of hydrogen-bond acceptors (Lipinski definition) is 5. The van der Waals surface area contributed by atoms with E-state index in [0.29, 0.717) is 18.2 Å². The molecule has 1 aliphatic heterocycles. The van der Waals surface area contributed by atoms with Crippen LogP contribution in [0, 0.1) is 5.92 Å². The first-order valence-electron chi connectivity index (χ1n) is 6.67. The summed E-state index contributed by atoms with van der Waals surface area (Å²) >= 11 is 0. The third-order valence-corrected chi connectivity index (χ3v) is 3.33. The topological polar surface area (TPSA) is 90.1 Å². The largest absolute Gasteiger partial charge is 0.384 e. The number of ether oxygens (including phenoxy) is 1. The van der Waals surface area contributed by atoms with Crippen LogP contribution in [0.4, 0.5) is 5.82 Å². The summed E-state index contributed by atoms with van der Waals surface area (Å²) in [6, 6.07) is 1.62. The maximum atomic E-state index is 12.1. The van der Waals surface area contributed by atoms with Gasteiger partial charge in [-0.15, -0.1) is 0 Å². The zero-order chi connectivity index (χ0) is 13.7. The van der Waals surface area contributed by atoms with Crippen molar-refractivity contribution >= 4 is 11.7 Å². The molecule has 0 radical (unpaired) electrons. The van der Waals surface area contributed by atoms with Crippen molar-refractivity contribution in [2.75, 3.05) is 12.3 Å². The van der Waals surface area contributed by atoms with Gasteiger partial charge in [0.25, 0.3) is 0 Å². The molecule has 0 aromatic carbocycles. The molecule has 1 amide bonds. The minimum Gasteiger partial charge on any atom is -0.384 e. The third-order valence-electron chi connectivity index (χ3n) is 3.33. The van der Waals surface area contributed by atoms with Crippen LogP contribution in [0.15, 0.2) is 12.3 Å². The zero-order valence-corrected chi connectivity index (χ0v) is 11.1. The van der Waals surface area contributed by atoms with Crippen LogP contribution in [0.1, 0.15) is 32.0 Å². The predicted octanol–water partition coefficient (Wildman–Crippen LogP) is 0.880. The van der Waals surface area contributed by atoms with E-state index in [1.165, 1.54) is 0 Å². The summed E-state index contributed by atoms with van der Waals surface area (Å²) in [5.74, 6) is 0.877.